The number of ketones is 1. The van der Waals surface area contributed by atoms with E-state index in [0.29, 0.717) is 11.8 Å². The lowest BCUT2D eigenvalue weighted by molar-refractivity contribution is -0.119. The lowest BCUT2D eigenvalue weighted by Crippen LogP contribution is -2.28. The molecule has 11 heavy (non-hydrogen) atoms. The quantitative estimate of drug-likeness (QED) is 0.654. The minimum atomic E-state index is 0.438. The van der Waals surface area contributed by atoms with Gasteiger partial charge in [-0.1, -0.05) is 13.3 Å². The summed E-state index contributed by atoms with van der Waals surface area (Å²) in [4.78, 5) is 11.1. The second kappa shape index (κ2) is 4.50. The van der Waals surface area contributed by atoms with Crippen molar-refractivity contribution in [3.8, 4) is 0 Å². The second-order valence-electron chi connectivity index (χ2n) is 3.29. The van der Waals surface area contributed by atoms with Crippen molar-refractivity contribution in [2.45, 2.75) is 45.1 Å². The van der Waals surface area contributed by atoms with Gasteiger partial charge in [0.15, 0.2) is 0 Å². The van der Waals surface area contributed by atoms with E-state index in [2.05, 4.69) is 12.2 Å². The average Bonchev–Trinajstić information content (AvgIpc) is 2.15. The molecule has 0 radical (unpaired) electrons. The summed E-state index contributed by atoms with van der Waals surface area (Å²) < 4.78 is 0. The normalized spacial score (nSPS) is 26.6. The van der Waals surface area contributed by atoms with Crippen LogP contribution in [0.15, 0.2) is 0 Å². The molecule has 1 rings (SSSR count). The van der Waals surface area contributed by atoms with E-state index >= 15 is 0 Å². The van der Waals surface area contributed by atoms with Crippen molar-refractivity contribution in [2.75, 3.05) is 6.54 Å². The Hall–Kier alpha value is -0.370. The van der Waals surface area contributed by atoms with E-state index in [0.717, 1.165) is 32.2 Å². The molecule has 1 aliphatic rings. The standard InChI is InChI=1S/C9H17NO/c1-2-4-8-7-9(11)5-3-6-10-8/h8,10H,2-7H2,1H3. The minimum absolute atomic E-state index is 0.438. The largest absolute Gasteiger partial charge is 0.314 e. The van der Waals surface area contributed by atoms with E-state index in [-0.39, 0.29) is 0 Å². The highest BCUT2D eigenvalue weighted by molar-refractivity contribution is 5.79. The fourth-order valence-corrected chi connectivity index (χ4v) is 1.59. The molecule has 0 saturated carbocycles. The van der Waals surface area contributed by atoms with E-state index in [1.165, 1.54) is 6.42 Å². The third kappa shape index (κ3) is 3.02. The Morgan fingerprint density at radius 3 is 3.18 bits per heavy atom. The van der Waals surface area contributed by atoms with Crippen LogP contribution in [0.3, 0.4) is 0 Å². The van der Waals surface area contributed by atoms with Gasteiger partial charge in [0.2, 0.25) is 0 Å². The van der Waals surface area contributed by atoms with Gasteiger partial charge >= 0.3 is 0 Å². The molecule has 0 spiro atoms. The molecule has 0 bridgehead atoms. The zero-order chi connectivity index (χ0) is 8.10. The Bertz CT molecular complexity index is 134. The summed E-state index contributed by atoms with van der Waals surface area (Å²) in [6, 6.07) is 0.468. The van der Waals surface area contributed by atoms with Crippen LogP contribution in [0.2, 0.25) is 0 Å². The Morgan fingerprint density at radius 1 is 1.64 bits per heavy atom. The molecule has 2 heteroatoms. The molecule has 1 fully saturated rings. The first-order chi connectivity index (χ1) is 5.33. The zero-order valence-electron chi connectivity index (χ0n) is 7.23. The molecule has 1 N–H and O–H groups in total. The number of carbonyl (C=O) groups is 1. The van der Waals surface area contributed by atoms with E-state index in [1.807, 2.05) is 0 Å². The van der Waals surface area contributed by atoms with Gasteiger partial charge in [-0.15, -0.1) is 0 Å². The summed E-state index contributed by atoms with van der Waals surface area (Å²) in [5.41, 5.74) is 0. The highest BCUT2D eigenvalue weighted by Crippen LogP contribution is 2.08. The van der Waals surface area contributed by atoms with E-state index < -0.39 is 0 Å². The van der Waals surface area contributed by atoms with Gasteiger partial charge in [-0.25, -0.2) is 0 Å². The van der Waals surface area contributed by atoms with Gasteiger partial charge in [-0.05, 0) is 19.4 Å². The first kappa shape index (κ1) is 8.72. The van der Waals surface area contributed by atoms with Gasteiger partial charge in [0.05, 0.1) is 0 Å². The van der Waals surface area contributed by atoms with Crippen LogP contribution in [-0.2, 0) is 4.79 Å². The van der Waals surface area contributed by atoms with Crippen LogP contribution in [-0.4, -0.2) is 18.4 Å². The fraction of sp³-hybridized carbons (Fsp3) is 0.889. The van der Waals surface area contributed by atoms with Crippen molar-refractivity contribution < 1.29 is 4.79 Å². The minimum Gasteiger partial charge on any atom is -0.314 e. The van der Waals surface area contributed by atoms with Crippen molar-refractivity contribution >= 4 is 5.78 Å². The second-order valence-corrected chi connectivity index (χ2v) is 3.29. The van der Waals surface area contributed by atoms with Crippen molar-refractivity contribution in [2.24, 2.45) is 0 Å². The van der Waals surface area contributed by atoms with Gasteiger partial charge in [-0.2, -0.15) is 0 Å². The molecule has 1 unspecified atom stereocenters. The SMILES string of the molecule is CCCC1CC(=O)CCCN1. The van der Waals surface area contributed by atoms with Crippen LogP contribution in [0.1, 0.15) is 39.0 Å². The third-order valence-electron chi connectivity index (χ3n) is 2.18. The molecular weight excluding hydrogens is 138 g/mol. The first-order valence-electron chi connectivity index (χ1n) is 4.58. The van der Waals surface area contributed by atoms with Gasteiger partial charge in [0.25, 0.3) is 0 Å². The molecule has 0 amide bonds. The molecule has 0 aromatic carbocycles. The van der Waals surface area contributed by atoms with Gasteiger partial charge < -0.3 is 5.32 Å². The number of rotatable bonds is 2. The molecular formula is C9H17NO. The number of hydrogen-bond acceptors (Lipinski definition) is 2. The predicted octanol–water partition coefficient (Wildman–Crippen LogP) is 1.50. The van der Waals surface area contributed by atoms with Crippen molar-refractivity contribution in [3.63, 3.8) is 0 Å². The molecule has 2 nitrogen and oxygen atoms in total. The highest BCUT2D eigenvalue weighted by Gasteiger charge is 2.15. The molecule has 1 aliphatic heterocycles. The summed E-state index contributed by atoms with van der Waals surface area (Å²) in [5, 5.41) is 3.39. The van der Waals surface area contributed by atoms with E-state index in [4.69, 9.17) is 0 Å². The number of nitrogens with one attached hydrogen (secondary N) is 1. The number of hydrogen-bond donors (Lipinski definition) is 1. The monoisotopic (exact) mass is 155 g/mol. The lowest BCUT2D eigenvalue weighted by atomic mass is 10.1. The van der Waals surface area contributed by atoms with Crippen molar-refractivity contribution in [1.29, 1.82) is 0 Å². The van der Waals surface area contributed by atoms with Crippen LogP contribution in [0.4, 0.5) is 0 Å². The summed E-state index contributed by atoms with van der Waals surface area (Å²) in [6.07, 6.45) is 4.89. The topological polar surface area (TPSA) is 29.1 Å². The predicted molar refractivity (Wildman–Crippen MR) is 45.6 cm³/mol. The summed E-state index contributed by atoms with van der Waals surface area (Å²) >= 11 is 0. The molecule has 1 atom stereocenters. The van der Waals surface area contributed by atoms with Gasteiger partial charge in [0, 0.05) is 18.9 Å². The molecule has 0 aromatic heterocycles. The third-order valence-corrected chi connectivity index (χ3v) is 2.18. The van der Waals surface area contributed by atoms with Crippen LogP contribution in [0, 0.1) is 0 Å². The smallest absolute Gasteiger partial charge is 0.134 e. The molecule has 64 valence electrons. The van der Waals surface area contributed by atoms with E-state index in [9.17, 15) is 4.79 Å². The fourth-order valence-electron chi connectivity index (χ4n) is 1.59. The van der Waals surface area contributed by atoms with Crippen LogP contribution < -0.4 is 5.32 Å². The average molecular weight is 155 g/mol. The zero-order valence-corrected chi connectivity index (χ0v) is 7.23. The number of carbonyl (C=O) groups excluding carboxylic acids is 1. The molecule has 1 saturated heterocycles. The lowest BCUT2D eigenvalue weighted by Gasteiger charge is -2.12. The molecule has 1 heterocycles. The Kier molecular flexibility index (Phi) is 3.57. The van der Waals surface area contributed by atoms with Crippen LogP contribution >= 0.6 is 0 Å². The van der Waals surface area contributed by atoms with E-state index in [1.54, 1.807) is 0 Å². The van der Waals surface area contributed by atoms with Crippen LogP contribution in [0.5, 0.6) is 0 Å². The highest BCUT2D eigenvalue weighted by atomic mass is 16.1. The van der Waals surface area contributed by atoms with Gasteiger partial charge in [0.1, 0.15) is 5.78 Å². The molecule has 0 aliphatic carbocycles. The first-order valence-corrected chi connectivity index (χ1v) is 4.58. The summed E-state index contributed by atoms with van der Waals surface area (Å²) in [5.74, 6) is 0.438. The van der Waals surface area contributed by atoms with Gasteiger partial charge in [-0.3, -0.25) is 4.79 Å². The Balaban J connectivity index is 2.33. The van der Waals surface area contributed by atoms with Crippen molar-refractivity contribution in [1.82, 2.24) is 5.32 Å². The van der Waals surface area contributed by atoms with Crippen molar-refractivity contribution in [3.05, 3.63) is 0 Å². The maximum absolute atomic E-state index is 11.1. The Labute approximate surface area is 68.4 Å². The van der Waals surface area contributed by atoms with Crippen LogP contribution in [0.25, 0.3) is 0 Å². The molecule has 0 aromatic rings. The number of Topliss-reactive ketones (excluding diaryl/α,β-unsaturated/α-hetero) is 1. The summed E-state index contributed by atoms with van der Waals surface area (Å²) in [6.45, 7) is 3.19. The summed E-state index contributed by atoms with van der Waals surface area (Å²) in [7, 11) is 0. The maximum Gasteiger partial charge on any atom is 0.134 e. The maximum atomic E-state index is 11.1. The Morgan fingerprint density at radius 2 is 2.45 bits per heavy atom.